The minimum absolute atomic E-state index is 0.0902. The molecule has 9 heteroatoms. The summed E-state index contributed by atoms with van der Waals surface area (Å²) in [5.74, 6) is -0.305. The number of aromatic nitrogens is 1. The third-order valence-corrected chi connectivity index (χ3v) is 4.43. The van der Waals surface area contributed by atoms with Crippen molar-refractivity contribution in [1.29, 1.82) is 0 Å². The fourth-order valence-electron chi connectivity index (χ4n) is 2.52. The summed E-state index contributed by atoms with van der Waals surface area (Å²) in [5, 5.41) is 0.853. The van der Waals surface area contributed by atoms with E-state index in [2.05, 4.69) is 9.17 Å². The first-order valence-electron chi connectivity index (χ1n) is 7.61. The van der Waals surface area contributed by atoms with Crippen LogP contribution in [0.1, 0.15) is 0 Å². The van der Waals surface area contributed by atoms with Crippen molar-refractivity contribution in [1.82, 2.24) is 4.98 Å². The molecule has 27 heavy (non-hydrogen) atoms. The highest BCUT2D eigenvalue weighted by molar-refractivity contribution is 7.81. The predicted molar refractivity (Wildman–Crippen MR) is 95.1 cm³/mol. The standard InChI is InChI=1S/C18H14F3NO4S/c1-24-15-8-12(13-7-11-5-3-4-6-14(11)22-10-13)9-16(17(15)25-2)26-27(23)18(19,20)21/h3-10H,1-2H3. The second-order valence-electron chi connectivity index (χ2n) is 5.39. The largest absolute Gasteiger partial charge is 0.508 e. The number of methoxy groups -OCH3 is 2. The Balaban J connectivity index is 2.12. The van der Waals surface area contributed by atoms with Crippen molar-refractivity contribution in [2.45, 2.75) is 5.51 Å². The summed E-state index contributed by atoms with van der Waals surface area (Å²) >= 11 is -3.55. The smallest absolute Gasteiger partial charge is 0.493 e. The maximum absolute atomic E-state index is 12.6. The van der Waals surface area contributed by atoms with Crippen molar-refractivity contribution in [3.05, 3.63) is 48.7 Å². The summed E-state index contributed by atoms with van der Waals surface area (Å²) in [6.07, 6.45) is 1.58. The van der Waals surface area contributed by atoms with Gasteiger partial charge in [-0.05, 0) is 29.8 Å². The van der Waals surface area contributed by atoms with Crippen molar-refractivity contribution < 1.29 is 31.0 Å². The summed E-state index contributed by atoms with van der Waals surface area (Å²) < 4.78 is 64.2. The molecule has 142 valence electrons. The number of para-hydroxylation sites is 1. The summed E-state index contributed by atoms with van der Waals surface area (Å²) in [7, 11) is 2.59. The van der Waals surface area contributed by atoms with Gasteiger partial charge in [-0.25, -0.2) is 4.21 Å². The maximum Gasteiger partial charge on any atom is 0.508 e. The molecule has 3 aromatic rings. The highest BCUT2D eigenvalue weighted by Gasteiger charge is 2.40. The highest BCUT2D eigenvalue weighted by atomic mass is 32.2. The van der Waals surface area contributed by atoms with Crippen LogP contribution in [0.5, 0.6) is 17.2 Å². The summed E-state index contributed by atoms with van der Waals surface area (Å²) in [4.78, 5) is 4.33. The number of alkyl halides is 3. The molecule has 1 unspecified atom stereocenters. The Labute approximate surface area is 155 Å². The summed E-state index contributed by atoms with van der Waals surface area (Å²) in [5.41, 5.74) is -3.16. The van der Waals surface area contributed by atoms with Gasteiger partial charge in [0.05, 0.1) is 19.7 Å². The van der Waals surface area contributed by atoms with Crippen molar-refractivity contribution in [3.8, 4) is 28.4 Å². The highest BCUT2D eigenvalue weighted by Crippen LogP contribution is 2.42. The molecule has 3 rings (SSSR count). The molecule has 0 aliphatic carbocycles. The van der Waals surface area contributed by atoms with Gasteiger partial charge in [-0.15, -0.1) is 0 Å². The van der Waals surface area contributed by atoms with Gasteiger partial charge in [0.1, 0.15) is 0 Å². The van der Waals surface area contributed by atoms with Gasteiger partial charge in [-0.3, -0.25) is 4.98 Å². The molecule has 0 amide bonds. The van der Waals surface area contributed by atoms with Crippen LogP contribution in [0.25, 0.3) is 22.0 Å². The second kappa shape index (κ2) is 7.43. The van der Waals surface area contributed by atoms with E-state index in [9.17, 15) is 17.4 Å². The monoisotopic (exact) mass is 397 g/mol. The molecule has 1 atom stereocenters. The normalized spacial score (nSPS) is 12.6. The zero-order valence-electron chi connectivity index (χ0n) is 14.2. The molecule has 0 spiro atoms. The number of benzene rings is 2. The van der Waals surface area contributed by atoms with Crippen LogP contribution >= 0.6 is 0 Å². The number of hydrogen-bond acceptors (Lipinski definition) is 5. The molecule has 0 fully saturated rings. The molecule has 0 aliphatic rings. The van der Waals surface area contributed by atoms with E-state index < -0.39 is 16.6 Å². The van der Waals surface area contributed by atoms with E-state index in [1.165, 1.54) is 20.3 Å². The molecule has 0 radical (unpaired) electrons. The van der Waals surface area contributed by atoms with Crippen molar-refractivity contribution in [2.24, 2.45) is 0 Å². The van der Waals surface area contributed by atoms with Crippen LogP contribution in [0.15, 0.2) is 48.7 Å². The summed E-state index contributed by atoms with van der Waals surface area (Å²) in [6.45, 7) is 0. The molecule has 1 heterocycles. The molecule has 0 saturated carbocycles. The topological polar surface area (TPSA) is 57.7 Å². The molecule has 0 saturated heterocycles. The van der Waals surface area contributed by atoms with E-state index in [4.69, 9.17) is 9.47 Å². The lowest BCUT2D eigenvalue weighted by Gasteiger charge is -2.16. The lowest BCUT2D eigenvalue weighted by molar-refractivity contribution is -0.0438. The first-order valence-corrected chi connectivity index (χ1v) is 8.69. The van der Waals surface area contributed by atoms with Gasteiger partial charge in [0.25, 0.3) is 0 Å². The van der Waals surface area contributed by atoms with E-state index >= 15 is 0 Å². The van der Waals surface area contributed by atoms with Gasteiger partial charge < -0.3 is 13.7 Å². The van der Waals surface area contributed by atoms with E-state index in [0.29, 0.717) is 11.1 Å². The predicted octanol–water partition coefficient (Wildman–Crippen LogP) is 4.48. The molecule has 5 nitrogen and oxygen atoms in total. The van der Waals surface area contributed by atoms with E-state index in [1.807, 2.05) is 30.3 Å². The Morgan fingerprint density at radius 1 is 0.963 bits per heavy atom. The van der Waals surface area contributed by atoms with Crippen LogP contribution in [0.2, 0.25) is 0 Å². The molecule has 0 N–H and O–H groups in total. The van der Waals surface area contributed by atoms with Gasteiger partial charge in [0.15, 0.2) is 11.5 Å². The maximum atomic E-state index is 12.6. The van der Waals surface area contributed by atoms with Crippen LogP contribution in [0.3, 0.4) is 0 Å². The van der Waals surface area contributed by atoms with Gasteiger partial charge in [-0.1, -0.05) is 18.2 Å². The van der Waals surface area contributed by atoms with Gasteiger partial charge in [-0.2, -0.15) is 13.2 Å². The van der Waals surface area contributed by atoms with E-state index in [1.54, 1.807) is 12.3 Å². The zero-order valence-corrected chi connectivity index (χ0v) is 15.1. The number of ether oxygens (including phenoxy) is 2. The quantitative estimate of drug-likeness (QED) is 0.635. The van der Waals surface area contributed by atoms with Crippen LogP contribution in [-0.2, 0) is 11.1 Å². The Morgan fingerprint density at radius 2 is 1.67 bits per heavy atom. The minimum atomic E-state index is -5.03. The van der Waals surface area contributed by atoms with Crippen molar-refractivity contribution in [3.63, 3.8) is 0 Å². The van der Waals surface area contributed by atoms with Crippen LogP contribution in [0, 0.1) is 0 Å². The molecular weight excluding hydrogens is 383 g/mol. The molecular formula is C18H14F3NO4S. The molecule has 0 aliphatic heterocycles. The first kappa shape index (κ1) is 19.0. The third kappa shape index (κ3) is 3.97. The third-order valence-electron chi connectivity index (χ3n) is 3.72. The van der Waals surface area contributed by atoms with Crippen LogP contribution in [0.4, 0.5) is 13.2 Å². The number of halogens is 3. The van der Waals surface area contributed by atoms with Gasteiger partial charge in [0, 0.05) is 17.1 Å². The SMILES string of the molecule is COc1cc(-c2cnc3ccccc3c2)cc(OS(=O)C(F)(F)F)c1OC. The lowest BCUT2D eigenvalue weighted by Crippen LogP contribution is -2.21. The van der Waals surface area contributed by atoms with Crippen molar-refractivity contribution in [2.75, 3.05) is 14.2 Å². The second-order valence-corrected chi connectivity index (χ2v) is 6.49. The number of nitrogens with zero attached hydrogens (tertiary/aromatic N) is 1. The zero-order chi connectivity index (χ0) is 19.6. The van der Waals surface area contributed by atoms with Crippen LogP contribution in [-0.4, -0.2) is 28.9 Å². The van der Waals surface area contributed by atoms with E-state index in [-0.39, 0.29) is 17.2 Å². The molecule has 2 aromatic carbocycles. The van der Waals surface area contributed by atoms with Gasteiger partial charge >= 0.3 is 16.6 Å². The average Bonchev–Trinajstić information content (AvgIpc) is 2.66. The number of hydrogen-bond donors (Lipinski definition) is 0. The molecule has 0 bridgehead atoms. The fourth-order valence-corrected chi connectivity index (χ4v) is 2.90. The fraction of sp³-hybridized carbons (Fsp3) is 0.167. The number of rotatable bonds is 5. The lowest BCUT2D eigenvalue weighted by atomic mass is 10.0. The average molecular weight is 397 g/mol. The van der Waals surface area contributed by atoms with Gasteiger partial charge in [0.2, 0.25) is 5.75 Å². The first-order chi connectivity index (χ1) is 12.8. The van der Waals surface area contributed by atoms with E-state index in [0.717, 1.165) is 10.9 Å². The Kier molecular flexibility index (Phi) is 5.22. The van der Waals surface area contributed by atoms with Crippen molar-refractivity contribution >= 4 is 22.0 Å². The Bertz CT molecular complexity index is 1010. The Hall–Kier alpha value is -2.81. The number of pyridine rings is 1. The number of fused-ring (bicyclic) bond motifs is 1. The minimum Gasteiger partial charge on any atom is -0.493 e. The molecule has 1 aromatic heterocycles. The summed E-state index contributed by atoms with van der Waals surface area (Å²) in [6, 6.07) is 12.1. The Morgan fingerprint density at radius 3 is 2.33 bits per heavy atom. The van der Waals surface area contributed by atoms with Crippen LogP contribution < -0.4 is 13.7 Å².